The van der Waals surface area contributed by atoms with Gasteiger partial charge in [-0.2, -0.15) is 0 Å². The summed E-state index contributed by atoms with van der Waals surface area (Å²) >= 11 is 0. The third-order valence-electron chi connectivity index (χ3n) is 4.27. The fourth-order valence-electron chi connectivity index (χ4n) is 2.92. The van der Waals surface area contributed by atoms with Crippen LogP contribution in [-0.2, 0) is 11.3 Å². The number of ether oxygens (including phenoxy) is 1. The van der Waals surface area contributed by atoms with E-state index < -0.39 is 5.97 Å². The van der Waals surface area contributed by atoms with Crippen molar-refractivity contribution in [1.29, 1.82) is 0 Å². The summed E-state index contributed by atoms with van der Waals surface area (Å²) in [7, 11) is 1.61. The van der Waals surface area contributed by atoms with Crippen LogP contribution in [0.5, 0.6) is 5.75 Å². The second kappa shape index (κ2) is 7.36. The summed E-state index contributed by atoms with van der Waals surface area (Å²) < 4.78 is 5.22. The van der Waals surface area contributed by atoms with Gasteiger partial charge in [-0.25, -0.2) is 4.79 Å². The molecule has 1 fully saturated rings. The average Bonchev–Trinajstić information content (AvgIpc) is 2.62. The predicted molar refractivity (Wildman–Crippen MR) is 94.0 cm³/mol. The first kappa shape index (κ1) is 17.0. The Balaban J connectivity index is 1.63. The van der Waals surface area contributed by atoms with Crippen molar-refractivity contribution in [2.45, 2.75) is 6.54 Å². The number of aromatic carboxylic acids is 1. The first-order valence-corrected chi connectivity index (χ1v) is 8.06. The van der Waals surface area contributed by atoms with Crippen molar-refractivity contribution in [3.05, 3.63) is 59.7 Å². The summed E-state index contributed by atoms with van der Waals surface area (Å²) in [6.07, 6.45) is 0. The van der Waals surface area contributed by atoms with Crippen molar-refractivity contribution in [2.24, 2.45) is 0 Å². The normalized spacial score (nSPS) is 15.2. The van der Waals surface area contributed by atoms with Gasteiger partial charge in [0.1, 0.15) is 5.75 Å². The van der Waals surface area contributed by atoms with Crippen molar-refractivity contribution in [1.82, 2.24) is 4.90 Å². The largest absolute Gasteiger partial charge is 0.497 e. The highest BCUT2D eigenvalue weighted by Crippen LogP contribution is 2.23. The summed E-state index contributed by atoms with van der Waals surface area (Å²) in [6, 6.07) is 14.3. The van der Waals surface area contributed by atoms with Gasteiger partial charge in [0.2, 0.25) is 5.91 Å². The number of anilines is 1. The Morgan fingerprint density at radius 1 is 1.16 bits per heavy atom. The van der Waals surface area contributed by atoms with Crippen LogP contribution >= 0.6 is 0 Å². The lowest BCUT2D eigenvalue weighted by Gasteiger charge is -2.34. The molecule has 2 aromatic rings. The zero-order valence-corrected chi connectivity index (χ0v) is 14.0. The van der Waals surface area contributed by atoms with E-state index in [-0.39, 0.29) is 11.5 Å². The second-order valence-corrected chi connectivity index (χ2v) is 5.96. The molecule has 6 heteroatoms. The number of carbonyl (C=O) groups excluding carboxylic acids is 1. The van der Waals surface area contributed by atoms with Gasteiger partial charge in [-0.05, 0) is 29.8 Å². The van der Waals surface area contributed by atoms with Crippen LogP contribution in [0.1, 0.15) is 15.9 Å². The van der Waals surface area contributed by atoms with Crippen molar-refractivity contribution in [3.63, 3.8) is 0 Å². The molecule has 1 heterocycles. The van der Waals surface area contributed by atoms with E-state index in [1.807, 2.05) is 24.3 Å². The molecule has 1 saturated heterocycles. The van der Waals surface area contributed by atoms with E-state index in [0.29, 0.717) is 19.6 Å². The molecular formula is C19H20N2O4. The Hall–Kier alpha value is -2.86. The molecule has 0 aromatic heterocycles. The van der Waals surface area contributed by atoms with E-state index in [1.165, 1.54) is 0 Å². The number of nitrogens with zero attached hydrogens (tertiary/aromatic N) is 2. The Labute approximate surface area is 146 Å². The molecule has 0 radical (unpaired) electrons. The van der Waals surface area contributed by atoms with Gasteiger partial charge >= 0.3 is 5.97 Å². The number of carbonyl (C=O) groups is 2. The molecule has 0 bridgehead atoms. The highest BCUT2D eigenvalue weighted by Gasteiger charge is 2.25. The second-order valence-electron chi connectivity index (χ2n) is 5.96. The molecule has 1 aliphatic rings. The van der Waals surface area contributed by atoms with Crippen LogP contribution in [0, 0.1) is 0 Å². The molecule has 0 saturated carbocycles. The van der Waals surface area contributed by atoms with Gasteiger partial charge in [-0.15, -0.1) is 0 Å². The lowest BCUT2D eigenvalue weighted by molar-refractivity contribution is -0.121. The van der Waals surface area contributed by atoms with Crippen molar-refractivity contribution in [2.75, 3.05) is 31.6 Å². The molecule has 0 unspecified atom stereocenters. The van der Waals surface area contributed by atoms with Crippen LogP contribution in [0.4, 0.5) is 5.69 Å². The van der Waals surface area contributed by atoms with E-state index in [4.69, 9.17) is 9.84 Å². The van der Waals surface area contributed by atoms with E-state index >= 15 is 0 Å². The molecule has 6 nitrogen and oxygen atoms in total. The van der Waals surface area contributed by atoms with Gasteiger partial charge < -0.3 is 14.7 Å². The Bertz CT molecular complexity index is 773. The number of piperazine rings is 1. The van der Waals surface area contributed by atoms with E-state index in [9.17, 15) is 9.59 Å². The molecule has 0 atom stereocenters. The molecule has 1 N–H and O–H groups in total. The highest BCUT2D eigenvalue weighted by atomic mass is 16.5. The van der Waals surface area contributed by atoms with Crippen molar-refractivity contribution >= 4 is 17.6 Å². The molecular weight excluding hydrogens is 320 g/mol. The minimum atomic E-state index is -0.936. The maximum atomic E-state index is 12.5. The Morgan fingerprint density at radius 3 is 2.56 bits per heavy atom. The van der Waals surface area contributed by atoms with Crippen molar-refractivity contribution < 1.29 is 19.4 Å². The summed E-state index contributed by atoms with van der Waals surface area (Å²) in [5.41, 5.74) is 2.10. The summed E-state index contributed by atoms with van der Waals surface area (Å²) in [5.74, 6) is -0.165. The number of carboxylic acid groups (broad SMARTS) is 1. The fourth-order valence-corrected chi connectivity index (χ4v) is 2.92. The topological polar surface area (TPSA) is 70.1 Å². The molecule has 25 heavy (non-hydrogen) atoms. The molecule has 2 aromatic carbocycles. The Morgan fingerprint density at radius 2 is 1.92 bits per heavy atom. The van der Waals surface area contributed by atoms with Crippen LogP contribution < -0.4 is 9.64 Å². The first-order valence-electron chi connectivity index (χ1n) is 8.06. The maximum Gasteiger partial charge on any atom is 0.335 e. The monoisotopic (exact) mass is 340 g/mol. The van der Waals surface area contributed by atoms with Crippen molar-refractivity contribution in [3.8, 4) is 5.75 Å². The number of amides is 1. The number of methoxy groups -OCH3 is 1. The third-order valence-corrected chi connectivity index (χ3v) is 4.27. The molecule has 1 aliphatic heterocycles. The quantitative estimate of drug-likeness (QED) is 0.904. The highest BCUT2D eigenvalue weighted by molar-refractivity contribution is 5.95. The van der Waals surface area contributed by atoms with Crippen LogP contribution in [0.3, 0.4) is 0 Å². The predicted octanol–water partition coefficient (Wildman–Crippen LogP) is 2.24. The molecule has 130 valence electrons. The zero-order valence-electron chi connectivity index (χ0n) is 14.0. The number of benzene rings is 2. The van der Waals surface area contributed by atoms with Gasteiger partial charge in [-0.1, -0.05) is 18.2 Å². The fraction of sp³-hybridized carbons (Fsp3) is 0.263. The van der Waals surface area contributed by atoms with Gasteiger partial charge in [0.25, 0.3) is 0 Å². The smallest absolute Gasteiger partial charge is 0.335 e. The standard InChI is InChI=1S/C19H20N2O4/c1-25-17-4-2-3-16(11-17)21-10-9-20(13-18(21)22)12-14-5-7-15(8-6-14)19(23)24/h2-8,11H,9-10,12-13H2,1H3,(H,23,24). The molecule has 3 rings (SSSR count). The van der Waals surface area contributed by atoms with E-state index in [1.54, 1.807) is 36.3 Å². The molecule has 0 spiro atoms. The third kappa shape index (κ3) is 3.97. The molecule has 0 aliphatic carbocycles. The van der Waals surface area contributed by atoms with Gasteiger partial charge in [0.05, 0.1) is 19.2 Å². The number of carboxylic acids is 1. The summed E-state index contributed by atoms with van der Waals surface area (Å²) in [6.45, 7) is 2.32. The zero-order chi connectivity index (χ0) is 17.8. The van der Waals surface area contributed by atoms with Gasteiger partial charge in [0, 0.05) is 31.4 Å². The summed E-state index contributed by atoms with van der Waals surface area (Å²) in [5, 5.41) is 8.94. The van der Waals surface area contributed by atoms with Crippen LogP contribution in [0.25, 0.3) is 0 Å². The average molecular weight is 340 g/mol. The van der Waals surface area contributed by atoms with Gasteiger partial charge in [-0.3, -0.25) is 9.69 Å². The Kier molecular flexibility index (Phi) is 5.00. The number of rotatable bonds is 5. The lowest BCUT2D eigenvalue weighted by atomic mass is 10.1. The SMILES string of the molecule is COc1cccc(N2CCN(Cc3ccc(C(=O)O)cc3)CC2=O)c1. The van der Waals surface area contributed by atoms with Crippen LogP contribution in [0.2, 0.25) is 0 Å². The molecule has 1 amide bonds. The lowest BCUT2D eigenvalue weighted by Crippen LogP contribution is -2.50. The first-order chi connectivity index (χ1) is 12.1. The van der Waals surface area contributed by atoms with Crippen LogP contribution in [-0.4, -0.2) is 48.6 Å². The maximum absolute atomic E-state index is 12.5. The minimum absolute atomic E-state index is 0.0432. The van der Waals surface area contributed by atoms with Crippen LogP contribution in [0.15, 0.2) is 48.5 Å². The number of hydrogen-bond acceptors (Lipinski definition) is 4. The number of hydrogen-bond donors (Lipinski definition) is 1. The minimum Gasteiger partial charge on any atom is -0.497 e. The van der Waals surface area contributed by atoms with E-state index in [2.05, 4.69) is 4.90 Å². The van der Waals surface area contributed by atoms with Gasteiger partial charge in [0.15, 0.2) is 0 Å². The summed E-state index contributed by atoms with van der Waals surface area (Å²) in [4.78, 5) is 27.2. The van der Waals surface area contributed by atoms with E-state index in [0.717, 1.165) is 23.5 Å².